The lowest BCUT2D eigenvalue weighted by Gasteiger charge is -2.22. The zero-order valence-corrected chi connectivity index (χ0v) is 13.4. The second-order valence-electron chi connectivity index (χ2n) is 5.25. The highest BCUT2D eigenvalue weighted by molar-refractivity contribution is 6.04. The first-order chi connectivity index (χ1) is 10.5. The normalized spacial score (nSPS) is 10.3. The number of aryl methyl sites for hydroxylation is 1. The Hall–Kier alpha value is -2.49. The minimum atomic E-state index is -0.126. The Kier molecular flexibility index (Phi) is 5.04. The Morgan fingerprint density at radius 2 is 1.73 bits per heavy atom. The number of hydrogen-bond acceptors (Lipinski definition) is 3. The van der Waals surface area contributed by atoms with Gasteiger partial charge < -0.3 is 16.0 Å². The van der Waals surface area contributed by atoms with Crippen molar-refractivity contribution in [3.8, 4) is 0 Å². The van der Waals surface area contributed by atoms with Gasteiger partial charge in [0.1, 0.15) is 0 Å². The monoisotopic (exact) mass is 297 g/mol. The molecule has 0 saturated heterocycles. The summed E-state index contributed by atoms with van der Waals surface area (Å²) in [7, 11) is 0. The molecule has 0 radical (unpaired) electrons. The average Bonchev–Trinajstić information content (AvgIpc) is 2.51. The molecule has 0 atom stereocenters. The molecular formula is C18H23N3O. The maximum Gasteiger partial charge on any atom is 0.255 e. The molecule has 0 bridgehead atoms. The van der Waals surface area contributed by atoms with Crippen LogP contribution in [0, 0.1) is 6.92 Å². The van der Waals surface area contributed by atoms with Crippen LogP contribution in [-0.4, -0.2) is 19.0 Å². The van der Waals surface area contributed by atoms with Crippen LogP contribution in [0.2, 0.25) is 0 Å². The molecule has 4 nitrogen and oxygen atoms in total. The molecule has 0 aliphatic heterocycles. The molecular weight excluding hydrogens is 274 g/mol. The SMILES string of the molecule is CCN(CC)c1ccc(NC(=O)c2ccc(N)cc2)c(C)c1. The summed E-state index contributed by atoms with van der Waals surface area (Å²) in [5.74, 6) is -0.126. The van der Waals surface area contributed by atoms with Gasteiger partial charge in [0.05, 0.1) is 0 Å². The first-order valence-corrected chi connectivity index (χ1v) is 7.57. The zero-order chi connectivity index (χ0) is 16.1. The van der Waals surface area contributed by atoms with E-state index in [9.17, 15) is 4.79 Å². The van der Waals surface area contributed by atoms with Crippen molar-refractivity contribution in [1.82, 2.24) is 0 Å². The molecule has 116 valence electrons. The summed E-state index contributed by atoms with van der Waals surface area (Å²) in [5.41, 5.74) is 9.94. The Balaban J connectivity index is 2.16. The molecule has 0 unspecified atom stereocenters. The lowest BCUT2D eigenvalue weighted by atomic mass is 10.1. The minimum absolute atomic E-state index is 0.126. The molecule has 0 spiro atoms. The molecule has 4 heteroatoms. The van der Waals surface area contributed by atoms with Crippen molar-refractivity contribution in [3.05, 3.63) is 53.6 Å². The maximum absolute atomic E-state index is 12.2. The summed E-state index contributed by atoms with van der Waals surface area (Å²) in [6.07, 6.45) is 0. The van der Waals surface area contributed by atoms with Gasteiger partial charge in [0.25, 0.3) is 5.91 Å². The van der Waals surface area contributed by atoms with Crippen LogP contribution in [0.25, 0.3) is 0 Å². The Morgan fingerprint density at radius 3 is 2.27 bits per heavy atom. The highest BCUT2D eigenvalue weighted by Crippen LogP contribution is 2.23. The predicted molar refractivity (Wildman–Crippen MR) is 93.5 cm³/mol. The molecule has 2 aromatic rings. The molecule has 0 fully saturated rings. The van der Waals surface area contributed by atoms with E-state index in [4.69, 9.17) is 5.73 Å². The third kappa shape index (κ3) is 3.58. The van der Waals surface area contributed by atoms with E-state index in [1.807, 2.05) is 19.1 Å². The number of nitrogens with one attached hydrogen (secondary N) is 1. The smallest absolute Gasteiger partial charge is 0.255 e. The number of rotatable bonds is 5. The van der Waals surface area contributed by atoms with Gasteiger partial charge in [0, 0.05) is 35.7 Å². The molecule has 22 heavy (non-hydrogen) atoms. The van der Waals surface area contributed by atoms with Gasteiger partial charge in [-0.3, -0.25) is 4.79 Å². The fourth-order valence-corrected chi connectivity index (χ4v) is 2.40. The molecule has 0 aromatic heterocycles. The molecule has 0 heterocycles. The highest BCUT2D eigenvalue weighted by Gasteiger charge is 2.09. The Morgan fingerprint density at radius 1 is 1.09 bits per heavy atom. The van der Waals surface area contributed by atoms with Crippen LogP contribution in [0.1, 0.15) is 29.8 Å². The fourth-order valence-electron chi connectivity index (χ4n) is 2.40. The minimum Gasteiger partial charge on any atom is -0.399 e. The number of anilines is 3. The van der Waals surface area contributed by atoms with E-state index in [0.717, 1.165) is 24.3 Å². The maximum atomic E-state index is 12.2. The van der Waals surface area contributed by atoms with Gasteiger partial charge >= 0.3 is 0 Å². The molecule has 0 saturated carbocycles. The first-order valence-electron chi connectivity index (χ1n) is 7.57. The van der Waals surface area contributed by atoms with E-state index in [0.29, 0.717) is 11.3 Å². The van der Waals surface area contributed by atoms with E-state index >= 15 is 0 Å². The van der Waals surface area contributed by atoms with Crippen LogP contribution in [0.5, 0.6) is 0 Å². The van der Waals surface area contributed by atoms with E-state index in [1.54, 1.807) is 24.3 Å². The first kappa shape index (κ1) is 15.9. The molecule has 0 aliphatic rings. The summed E-state index contributed by atoms with van der Waals surface area (Å²) in [6.45, 7) is 8.21. The number of nitrogen functional groups attached to an aromatic ring is 1. The number of carbonyl (C=O) groups excluding carboxylic acids is 1. The molecule has 0 aliphatic carbocycles. The number of amides is 1. The summed E-state index contributed by atoms with van der Waals surface area (Å²) in [6, 6.07) is 13.0. The van der Waals surface area contributed by atoms with E-state index in [2.05, 4.69) is 30.1 Å². The Bertz CT molecular complexity index is 646. The van der Waals surface area contributed by atoms with Crippen LogP contribution < -0.4 is 16.0 Å². The van der Waals surface area contributed by atoms with Gasteiger partial charge in [-0.2, -0.15) is 0 Å². The number of hydrogen-bond donors (Lipinski definition) is 2. The molecule has 1 amide bonds. The van der Waals surface area contributed by atoms with Crippen molar-refractivity contribution in [2.24, 2.45) is 0 Å². The summed E-state index contributed by atoms with van der Waals surface area (Å²) < 4.78 is 0. The third-order valence-corrected chi connectivity index (χ3v) is 3.76. The highest BCUT2D eigenvalue weighted by atomic mass is 16.1. The molecule has 2 aromatic carbocycles. The van der Waals surface area contributed by atoms with Crippen LogP contribution in [-0.2, 0) is 0 Å². The number of nitrogens with two attached hydrogens (primary N) is 1. The summed E-state index contributed by atoms with van der Waals surface area (Å²) in [5, 5.41) is 2.95. The quantitative estimate of drug-likeness (QED) is 0.828. The van der Waals surface area contributed by atoms with Crippen molar-refractivity contribution >= 4 is 23.0 Å². The van der Waals surface area contributed by atoms with E-state index < -0.39 is 0 Å². The van der Waals surface area contributed by atoms with Gasteiger partial charge in [-0.15, -0.1) is 0 Å². The van der Waals surface area contributed by atoms with Crippen LogP contribution in [0.15, 0.2) is 42.5 Å². The summed E-state index contributed by atoms with van der Waals surface area (Å²) in [4.78, 5) is 14.5. The third-order valence-electron chi connectivity index (χ3n) is 3.76. The molecule has 2 rings (SSSR count). The number of carbonyl (C=O) groups is 1. The predicted octanol–water partition coefficient (Wildman–Crippen LogP) is 3.68. The summed E-state index contributed by atoms with van der Waals surface area (Å²) >= 11 is 0. The lowest BCUT2D eigenvalue weighted by Crippen LogP contribution is -2.22. The lowest BCUT2D eigenvalue weighted by molar-refractivity contribution is 0.102. The van der Waals surface area contributed by atoms with Gasteiger partial charge in [-0.1, -0.05) is 0 Å². The molecule has 3 N–H and O–H groups in total. The van der Waals surface area contributed by atoms with Crippen LogP contribution in [0.4, 0.5) is 17.1 Å². The average molecular weight is 297 g/mol. The van der Waals surface area contributed by atoms with Gasteiger partial charge in [-0.05, 0) is 68.8 Å². The Labute approximate surface area is 131 Å². The van der Waals surface area contributed by atoms with Crippen molar-refractivity contribution in [1.29, 1.82) is 0 Å². The van der Waals surface area contributed by atoms with E-state index in [-0.39, 0.29) is 5.91 Å². The largest absolute Gasteiger partial charge is 0.399 e. The van der Waals surface area contributed by atoms with Gasteiger partial charge in [-0.25, -0.2) is 0 Å². The fraction of sp³-hybridized carbons (Fsp3) is 0.278. The second-order valence-corrected chi connectivity index (χ2v) is 5.25. The van der Waals surface area contributed by atoms with Gasteiger partial charge in [0.2, 0.25) is 0 Å². The van der Waals surface area contributed by atoms with Gasteiger partial charge in [0.15, 0.2) is 0 Å². The number of nitrogens with zero attached hydrogens (tertiary/aromatic N) is 1. The van der Waals surface area contributed by atoms with Crippen molar-refractivity contribution in [2.45, 2.75) is 20.8 Å². The van der Waals surface area contributed by atoms with Crippen molar-refractivity contribution in [2.75, 3.05) is 29.0 Å². The standard InChI is InChI=1S/C18H23N3O/c1-4-21(5-2)16-10-11-17(13(3)12-16)20-18(22)14-6-8-15(19)9-7-14/h6-12H,4-5,19H2,1-3H3,(H,20,22). The van der Waals surface area contributed by atoms with Crippen molar-refractivity contribution < 1.29 is 4.79 Å². The van der Waals surface area contributed by atoms with E-state index in [1.165, 1.54) is 5.69 Å². The number of benzene rings is 2. The van der Waals surface area contributed by atoms with Crippen LogP contribution >= 0.6 is 0 Å². The topological polar surface area (TPSA) is 58.4 Å². The van der Waals surface area contributed by atoms with Crippen molar-refractivity contribution in [3.63, 3.8) is 0 Å². The van der Waals surface area contributed by atoms with Crippen LogP contribution in [0.3, 0.4) is 0 Å². The second kappa shape index (κ2) is 6.98. The zero-order valence-electron chi connectivity index (χ0n) is 13.4.